The molecule has 0 aliphatic carbocycles. The summed E-state index contributed by atoms with van der Waals surface area (Å²) in [5.41, 5.74) is 1.92. The van der Waals surface area contributed by atoms with E-state index >= 15 is 0 Å². The number of nitrogens with one attached hydrogen (secondary N) is 1. The molecule has 0 spiro atoms. The Balaban J connectivity index is 1.86. The smallest absolute Gasteiger partial charge is 0.243 e. The van der Waals surface area contributed by atoms with Crippen LogP contribution in [0.5, 0.6) is 5.75 Å². The number of carbonyl (C=O) groups excluding carboxylic acids is 1. The lowest BCUT2D eigenvalue weighted by molar-refractivity contribution is -0.121. The zero-order valence-electron chi connectivity index (χ0n) is 16.8. The molecule has 0 fully saturated rings. The number of rotatable bonds is 9. The predicted octanol–water partition coefficient (Wildman–Crippen LogP) is 2.97. The van der Waals surface area contributed by atoms with Crippen molar-refractivity contribution in [2.45, 2.75) is 44.2 Å². The number of hydrogen-bond donors (Lipinski definition) is 1. The lowest BCUT2D eigenvalue weighted by Gasteiger charge is -2.21. The Morgan fingerprint density at radius 2 is 1.61 bits per heavy atom. The van der Waals surface area contributed by atoms with Crippen molar-refractivity contribution in [1.82, 2.24) is 9.62 Å². The molecular formula is C21H28N2O4S. The molecule has 2 rings (SSSR count). The topological polar surface area (TPSA) is 75.7 Å². The largest absolute Gasteiger partial charge is 0.497 e. The summed E-state index contributed by atoms with van der Waals surface area (Å²) in [5.74, 6) is 0.741. The molecule has 152 valence electrons. The van der Waals surface area contributed by atoms with E-state index in [1.54, 1.807) is 38.4 Å². The maximum Gasteiger partial charge on any atom is 0.243 e. The summed E-state index contributed by atoms with van der Waals surface area (Å²) < 4.78 is 31.4. The van der Waals surface area contributed by atoms with Crippen molar-refractivity contribution in [3.63, 3.8) is 0 Å². The molecule has 1 N–H and O–H groups in total. The van der Waals surface area contributed by atoms with Gasteiger partial charge in [-0.25, -0.2) is 8.42 Å². The van der Waals surface area contributed by atoms with Gasteiger partial charge in [0.05, 0.1) is 12.0 Å². The molecule has 6 nitrogen and oxygen atoms in total. The molecule has 0 saturated heterocycles. The minimum Gasteiger partial charge on any atom is -0.497 e. The highest BCUT2D eigenvalue weighted by atomic mass is 32.2. The second kappa shape index (κ2) is 9.71. The zero-order chi connectivity index (χ0) is 20.7. The average Bonchev–Trinajstić information content (AvgIpc) is 2.70. The summed E-state index contributed by atoms with van der Waals surface area (Å²) >= 11 is 0. The molecule has 7 heteroatoms. The highest BCUT2D eigenvalue weighted by molar-refractivity contribution is 7.89. The van der Waals surface area contributed by atoms with E-state index in [1.807, 2.05) is 38.1 Å². The van der Waals surface area contributed by atoms with Crippen LogP contribution in [-0.4, -0.2) is 38.8 Å². The second-order valence-corrected chi connectivity index (χ2v) is 8.88. The Morgan fingerprint density at radius 3 is 2.14 bits per heavy atom. The molecule has 28 heavy (non-hydrogen) atoms. The van der Waals surface area contributed by atoms with E-state index in [0.717, 1.165) is 16.9 Å². The van der Waals surface area contributed by atoms with Crippen LogP contribution in [0.4, 0.5) is 0 Å². The van der Waals surface area contributed by atoms with Gasteiger partial charge >= 0.3 is 0 Å². The molecule has 0 aliphatic heterocycles. The maximum absolute atomic E-state index is 12.5. The minimum absolute atomic E-state index is 0.0490. The molecule has 0 bridgehead atoms. The van der Waals surface area contributed by atoms with Crippen LogP contribution >= 0.6 is 0 Å². The number of sulfonamides is 1. The van der Waals surface area contributed by atoms with Gasteiger partial charge in [0.15, 0.2) is 0 Å². The molecule has 0 heterocycles. The second-order valence-electron chi connectivity index (χ2n) is 6.88. The van der Waals surface area contributed by atoms with Crippen LogP contribution < -0.4 is 10.1 Å². The molecule has 0 atom stereocenters. The number of benzene rings is 2. The molecule has 1 amide bonds. The van der Waals surface area contributed by atoms with Crippen LogP contribution in [-0.2, 0) is 27.8 Å². The SMILES string of the molecule is COc1ccc(CCC(=O)NCc2ccc(S(=O)(=O)N(C)C(C)C)cc2)cc1. The van der Waals surface area contributed by atoms with E-state index in [0.29, 0.717) is 19.4 Å². The van der Waals surface area contributed by atoms with Gasteiger partial charge in [-0.15, -0.1) is 0 Å². The number of ether oxygens (including phenoxy) is 1. The van der Waals surface area contributed by atoms with E-state index < -0.39 is 10.0 Å². The van der Waals surface area contributed by atoms with Gasteiger partial charge in [-0.1, -0.05) is 24.3 Å². The van der Waals surface area contributed by atoms with Gasteiger partial charge in [-0.3, -0.25) is 4.79 Å². The van der Waals surface area contributed by atoms with E-state index in [2.05, 4.69) is 5.32 Å². The molecule has 0 saturated carbocycles. The van der Waals surface area contributed by atoms with Gasteiger partial charge in [0.1, 0.15) is 5.75 Å². The molecule has 2 aromatic rings. The van der Waals surface area contributed by atoms with E-state index in [-0.39, 0.29) is 16.8 Å². The van der Waals surface area contributed by atoms with Crippen molar-refractivity contribution in [2.75, 3.05) is 14.2 Å². The molecule has 0 unspecified atom stereocenters. The molecule has 0 aliphatic rings. The quantitative estimate of drug-likeness (QED) is 0.697. The van der Waals surface area contributed by atoms with Gasteiger partial charge in [0.25, 0.3) is 0 Å². The van der Waals surface area contributed by atoms with Crippen LogP contribution in [0.15, 0.2) is 53.4 Å². The molecule has 0 radical (unpaired) electrons. The standard InChI is InChI=1S/C21H28N2O4S/c1-16(2)23(3)28(25,26)20-12-7-18(8-13-20)15-22-21(24)14-9-17-5-10-19(27-4)11-6-17/h5-8,10-13,16H,9,14-15H2,1-4H3,(H,22,24). The highest BCUT2D eigenvalue weighted by Crippen LogP contribution is 2.17. The van der Waals surface area contributed by atoms with Crippen molar-refractivity contribution < 1.29 is 17.9 Å². The highest BCUT2D eigenvalue weighted by Gasteiger charge is 2.22. The van der Waals surface area contributed by atoms with Gasteiger partial charge in [0.2, 0.25) is 15.9 Å². The van der Waals surface area contributed by atoms with Crippen LogP contribution in [0.25, 0.3) is 0 Å². The predicted molar refractivity (Wildman–Crippen MR) is 110 cm³/mol. The Hall–Kier alpha value is -2.38. The van der Waals surface area contributed by atoms with Crippen molar-refractivity contribution in [1.29, 1.82) is 0 Å². The van der Waals surface area contributed by atoms with Crippen LogP contribution in [0.1, 0.15) is 31.4 Å². The number of hydrogen-bond acceptors (Lipinski definition) is 4. The van der Waals surface area contributed by atoms with Gasteiger partial charge in [0, 0.05) is 26.1 Å². The third kappa shape index (κ3) is 5.81. The normalized spacial score (nSPS) is 11.6. The number of amides is 1. The lowest BCUT2D eigenvalue weighted by Crippen LogP contribution is -2.33. The zero-order valence-corrected chi connectivity index (χ0v) is 17.6. The maximum atomic E-state index is 12.5. The number of nitrogens with zero attached hydrogens (tertiary/aromatic N) is 1. The molecule has 2 aromatic carbocycles. The Kier molecular flexibility index (Phi) is 7.60. The summed E-state index contributed by atoms with van der Waals surface area (Å²) in [4.78, 5) is 12.3. The van der Waals surface area contributed by atoms with Crippen molar-refractivity contribution in [3.05, 3.63) is 59.7 Å². The van der Waals surface area contributed by atoms with Gasteiger partial charge in [-0.2, -0.15) is 4.31 Å². The van der Waals surface area contributed by atoms with Gasteiger partial charge < -0.3 is 10.1 Å². The molecule has 0 aromatic heterocycles. The first-order valence-corrected chi connectivity index (χ1v) is 10.6. The summed E-state index contributed by atoms with van der Waals surface area (Å²) in [6.07, 6.45) is 1.03. The fraction of sp³-hybridized carbons (Fsp3) is 0.381. The number of aryl methyl sites for hydroxylation is 1. The summed E-state index contributed by atoms with van der Waals surface area (Å²) in [6.45, 7) is 4.02. The minimum atomic E-state index is -3.49. The fourth-order valence-corrected chi connectivity index (χ4v) is 3.93. The van der Waals surface area contributed by atoms with E-state index in [1.165, 1.54) is 4.31 Å². The Labute approximate surface area is 167 Å². The van der Waals surface area contributed by atoms with Crippen LogP contribution in [0.2, 0.25) is 0 Å². The van der Waals surface area contributed by atoms with Crippen LogP contribution in [0.3, 0.4) is 0 Å². The summed E-state index contributed by atoms with van der Waals surface area (Å²) in [7, 11) is -0.309. The van der Waals surface area contributed by atoms with E-state index in [4.69, 9.17) is 4.74 Å². The third-order valence-electron chi connectivity index (χ3n) is 4.62. The summed E-state index contributed by atoms with van der Waals surface area (Å²) in [5, 5.41) is 2.87. The summed E-state index contributed by atoms with van der Waals surface area (Å²) in [6, 6.07) is 14.1. The fourth-order valence-electron chi connectivity index (χ4n) is 2.56. The van der Waals surface area contributed by atoms with Crippen LogP contribution in [0, 0.1) is 0 Å². The monoisotopic (exact) mass is 404 g/mol. The number of methoxy groups -OCH3 is 1. The third-order valence-corrected chi connectivity index (χ3v) is 6.66. The lowest BCUT2D eigenvalue weighted by atomic mass is 10.1. The number of carbonyl (C=O) groups is 1. The average molecular weight is 405 g/mol. The first-order valence-electron chi connectivity index (χ1n) is 9.20. The molecular weight excluding hydrogens is 376 g/mol. The first-order chi connectivity index (χ1) is 13.2. The van der Waals surface area contributed by atoms with Gasteiger partial charge in [-0.05, 0) is 55.7 Å². The van der Waals surface area contributed by atoms with Crippen molar-refractivity contribution in [3.8, 4) is 5.75 Å². The van der Waals surface area contributed by atoms with Crippen molar-refractivity contribution in [2.24, 2.45) is 0 Å². The first kappa shape index (κ1) is 21.9. The van der Waals surface area contributed by atoms with Crippen molar-refractivity contribution >= 4 is 15.9 Å². The Bertz CT molecular complexity index is 876. The van der Waals surface area contributed by atoms with E-state index in [9.17, 15) is 13.2 Å². The Morgan fingerprint density at radius 1 is 1.04 bits per heavy atom.